The number of rotatable bonds is 3. The number of likely N-dealkylation sites (tertiary alicyclic amines) is 1. The lowest BCUT2D eigenvalue weighted by atomic mass is 10.1. The molecule has 1 aromatic carbocycles. The largest absolute Gasteiger partial charge is 0.377 e. The molecule has 112 valence electrons. The van der Waals surface area contributed by atoms with Crippen LogP contribution in [-0.2, 0) is 9.47 Å². The van der Waals surface area contributed by atoms with E-state index < -0.39 is 0 Å². The Balaban J connectivity index is 2.13. The van der Waals surface area contributed by atoms with Crippen LogP contribution in [0.2, 0.25) is 0 Å². The van der Waals surface area contributed by atoms with Gasteiger partial charge in [-0.25, -0.2) is 0 Å². The number of hydrogen-bond donors (Lipinski definition) is 1. The van der Waals surface area contributed by atoms with Crippen molar-refractivity contribution in [1.29, 1.82) is 0 Å². The number of carbonyl (C=O) groups excluding carboxylic acids is 1. The number of methoxy groups -OCH3 is 2. The summed E-state index contributed by atoms with van der Waals surface area (Å²) in [7, 11) is 3.27. The zero-order valence-corrected chi connectivity index (χ0v) is 12.3. The predicted molar refractivity (Wildman–Crippen MR) is 79.9 cm³/mol. The van der Waals surface area contributed by atoms with Crippen molar-refractivity contribution in [3.63, 3.8) is 0 Å². The second-order valence-corrected chi connectivity index (χ2v) is 4.85. The number of carbonyl (C=O) groups is 1. The number of nitrogens with two attached hydrogens (primary N) is 1. The molecule has 1 amide bonds. The Hall–Kier alpha value is -1.87. The fourth-order valence-corrected chi connectivity index (χ4v) is 2.43. The quantitative estimate of drug-likeness (QED) is 0.822. The first-order valence-corrected chi connectivity index (χ1v) is 6.83. The van der Waals surface area contributed by atoms with Crippen LogP contribution in [0.1, 0.15) is 15.9 Å². The summed E-state index contributed by atoms with van der Waals surface area (Å²) in [6.07, 6.45) is -0.168. The maximum absolute atomic E-state index is 12.5. The van der Waals surface area contributed by atoms with Gasteiger partial charge in [0, 0.05) is 38.4 Å². The Morgan fingerprint density at radius 3 is 2.57 bits per heavy atom. The summed E-state index contributed by atoms with van der Waals surface area (Å²) in [6.45, 7) is 1.37. The van der Waals surface area contributed by atoms with E-state index in [1.165, 1.54) is 0 Å². The molecule has 1 aliphatic rings. The van der Waals surface area contributed by atoms with Gasteiger partial charge in [-0.1, -0.05) is 17.9 Å². The molecule has 1 heterocycles. The standard InChI is InChI=1S/C16H20N2O3/c1-20-14-10-18(11-15(14)21-2)16(19)13-7-3-5-12(9-13)6-4-8-17/h3,5,7,9,14-15H,8,10-11,17H2,1-2H3. The minimum atomic E-state index is -0.0841. The minimum absolute atomic E-state index is 0.0343. The average Bonchev–Trinajstić information content (AvgIpc) is 2.95. The van der Waals surface area contributed by atoms with Crippen molar-refractivity contribution < 1.29 is 14.3 Å². The highest BCUT2D eigenvalue weighted by Gasteiger charge is 2.35. The number of benzene rings is 1. The van der Waals surface area contributed by atoms with E-state index in [4.69, 9.17) is 15.2 Å². The maximum Gasteiger partial charge on any atom is 0.254 e. The molecule has 1 aromatic rings. The molecule has 5 nitrogen and oxygen atoms in total. The number of nitrogens with zero attached hydrogens (tertiary/aromatic N) is 1. The molecule has 2 N–H and O–H groups in total. The zero-order chi connectivity index (χ0) is 15.2. The van der Waals surface area contributed by atoms with Crippen molar-refractivity contribution in [2.24, 2.45) is 5.73 Å². The number of amides is 1. The van der Waals surface area contributed by atoms with Crippen molar-refractivity contribution in [3.05, 3.63) is 35.4 Å². The van der Waals surface area contributed by atoms with Gasteiger partial charge in [-0.05, 0) is 18.2 Å². The topological polar surface area (TPSA) is 64.8 Å². The fourth-order valence-electron chi connectivity index (χ4n) is 2.43. The highest BCUT2D eigenvalue weighted by molar-refractivity contribution is 5.94. The van der Waals surface area contributed by atoms with E-state index in [0.29, 0.717) is 25.2 Å². The van der Waals surface area contributed by atoms with E-state index in [1.807, 2.05) is 12.1 Å². The van der Waals surface area contributed by atoms with Crippen LogP contribution >= 0.6 is 0 Å². The van der Waals surface area contributed by atoms with Crippen LogP contribution in [0.3, 0.4) is 0 Å². The normalized spacial score (nSPS) is 21.0. The van der Waals surface area contributed by atoms with Gasteiger partial charge in [0.25, 0.3) is 5.91 Å². The smallest absolute Gasteiger partial charge is 0.254 e. The summed E-state index contributed by atoms with van der Waals surface area (Å²) in [5.74, 6) is 5.69. The molecular weight excluding hydrogens is 268 g/mol. The van der Waals surface area contributed by atoms with Gasteiger partial charge in [0.2, 0.25) is 0 Å². The van der Waals surface area contributed by atoms with Crippen LogP contribution in [0.15, 0.2) is 24.3 Å². The molecule has 0 aromatic heterocycles. The summed E-state index contributed by atoms with van der Waals surface area (Å²) >= 11 is 0. The number of ether oxygens (including phenoxy) is 2. The summed E-state index contributed by atoms with van der Waals surface area (Å²) in [4.78, 5) is 14.3. The van der Waals surface area contributed by atoms with Gasteiger partial charge < -0.3 is 20.1 Å². The molecule has 2 unspecified atom stereocenters. The van der Waals surface area contributed by atoms with E-state index >= 15 is 0 Å². The van der Waals surface area contributed by atoms with Crippen LogP contribution in [0.4, 0.5) is 0 Å². The van der Waals surface area contributed by atoms with Crippen LogP contribution in [0.25, 0.3) is 0 Å². The molecule has 21 heavy (non-hydrogen) atoms. The van der Waals surface area contributed by atoms with Crippen molar-refractivity contribution in [3.8, 4) is 11.8 Å². The Kier molecular flexibility index (Phi) is 5.34. The van der Waals surface area contributed by atoms with Crippen LogP contribution in [0, 0.1) is 11.8 Å². The Morgan fingerprint density at radius 1 is 1.33 bits per heavy atom. The molecule has 0 radical (unpaired) electrons. The van der Waals surface area contributed by atoms with Crippen LogP contribution < -0.4 is 5.73 Å². The lowest BCUT2D eigenvalue weighted by molar-refractivity contribution is -0.00461. The second kappa shape index (κ2) is 7.23. The summed E-state index contributed by atoms with van der Waals surface area (Å²) in [6, 6.07) is 7.26. The third kappa shape index (κ3) is 3.61. The third-order valence-electron chi connectivity index (χ3n) is 3.55. The summed E-state index contributed by atoms with van der Waals surface area (Å²) in [5.41, 5.74) is 6.76. The lowest BCUT2D eigenvalue weighted by Gasteiger charge is -2.15. The fraction of sp³-hybridized carbons (Fsp3) is 0.438. The molecule has 1 aliphatic heterocycles. The van der Waals surface area contributed by atoms with Gasteiger partial charge in [-0.15, -0.1) is 0 Å². The van der Waals surface area contributed by atoms with E-state index in [0.717, 1.165) is 5.56 Å². The first-order chi connectivity index (χ1) is 10.2. The highest BCUT2D eigenvalue weighted by atomic mass is 16.5. The molecular formula is C16H20N2O3. The SMILES string of the molecule is COC1CN(C(=O)c2cccc(C#CCN)c2)CC1OC. The van der Waals surface area contributed by atoms with Crippen molar-refractivity contribution in [2.75, 3.05) is 33.9 Å². The molecule has 2 rings (SSSR count). The molecule has 2 atom stereocenters. The van der Waals surface area contributed by atoms with Gasteiger partial charge >= 0.3 is 0 Å². The molecule has 5 heteroatoms. The third-order valence-corrected chi connectivity index (χ3v) is 3.55. The van der Waals surface area contributed by atoms with Gasteiger partial charge in [-0.3, -0.25) is 4.79 Å². The highest BCUT2D eigenvalue weighted by Crippen LogP contribution is 2.18. The van der Waals surface area contributed by atoms with E-state index in [2.05, 4.69) is 11.8 Å². The number of hydrogen-bond acceptors (Lipinski definition) is 4. The molecule has 1 saturated heterocycles. The summed E-state index contributed by atoms with van der Waals surface area (Å²) < 4.78 is 10.7. The Morgan fingerprint density at radius 2 is 2.00 bits per heavy atom. The van der Waals surface area contributed by atoms with Gasteiger partial charge in [0.15, 0.2) is 0 Å². The zero-order valence-electron chi connectivity index (χ0n) is 12.3. The first-order valence-electron chi connectivity index (χ1n) is 6.83. The Labute approximate surface area is 125 Å². The molecule has 0 bridgehead atoms. The molecule has 1 fully saturated rings. The lowest BCUT2D eigenvalue weighted by Crippen LogP contribution is -2.30. The van der Waals surface area contributed by atoms with Crippen LogP contribution in [-0.4, -0.2) is 56.9 Å². The molecule has 0 saturated carbocycles. The van der Waals surface area contributed by atoms with Gasteiger partial charge in [0.05, 0.1) is 6.54 Å². The van der Waals surface area contributed by atoms with E-state index in [-0.39, 0.29) is 18.1 Å². The van der Waals surface area contributed by atoms with Crippen molar-refractivity contribution >= 4 is 5.91 Å². The second-order valence-electron chi connectivity index (χ2n) is 4.85. The predicted octanol–water partition coefficient (Wildman–Crippen LogP) is 0.483. The molecule has 0 aliphatic carbocycles. The maximum atomic E-state index is 12.5. The summed E-state index contributed by atoms with van der Waals surface area (Å²) in [5, 5.41) is 0. The average molecular weight is 288 g/mol. The van der Waals surface area contributed by atoms with Crippen molar-refractivity contribution in [2.45, 2.75) is 12.2 Å². The van der Waals surface area contributed by atoms with Crippen molar-refractivity contribution in [1.82, 2.24) is 4.90 Å². The van der Waals surface area contributed by atoms with Crippen LogP contribution in [0.5, 0.6) is 0 Å². The van der Waals surface area contributed by atoms with Gasteiger partial charge in [0.1, 0.15) is 12.2 Å². The Bertz CT molecular complexity index is 550. The monoisotopic (exact) mass is 288 g/mol. The van der Waals surface area contributed by atoms with E-state index in [1.54, 1.807) is 31.3 Å². The molecule has 0 spiro atoms. The minimum Gasteiger partial charge on any atom is -0.377 e. The van der Waals surface area contributed by atoms with Gasteiger partial charge in [-0.2, -0.15) is 0 Å². The first kappa shape index (κ1) is 15.5. The van der Waals surface area contributed by atoms with E-state index in [9.17, 15) is 4.79 Å².